The normalized spacial score (nSPS) is 15.5. The van der Waals surface area contributed by atoms with Crippen molar-refractivity contribution in [2.75, 3.05) is 0 Å². The van der Waals surface area contributed by atoms with E-state index in [-0.39, 0.29) is 6.61 Å². The minimum atomic E-state index is -0.819. The highest BCUT2D eigenvalue weighted by Gasteiger charge is 2.33. The molecule has 6 nitrogen and oxygen atoms in total. The summed E-state index contributed by atoms with van der Waals surface area (Å²) in [5.41, 5.74) is 2.46. The number of hydrogen-bond donors (Lipinski definition) is 1. The van der Waals surface area contributed by atoms with Gasteiger partial charge in [-0.3, -0.25) is 4.84 Å². The lowest BCUT2D eigenvalue weighted by Gasteiger charge is -2.23. The van der Waals surface area contributed by atoms with Crippen molar-refractivity contribution in [3.8, 4) is 0 Å². The molecule has 0 unspecified atom stereocenters. The number of benzene rings is 1. The van der Waals surface area contributed by atoms with Crippen molar-refractivity contribution < 1.29 is 23.9 Å². The van der Waals surface area contributed by atoms with Crippen molar-refractivity contribution in [1.82, 2.24) is 5.48 Å². The number of esters is 1. The lowest BCUT2D eigenvalue weighted by molar-refractivity contribution is -0.173. The van der Waals surface area contributed by atoms with E-state index in [2.05, 4.69) is 5.48 Å². The molecule has 1 aromatic carbocycles. The molecule has 1 saturated carbocycles. The van der Waals surface area contributed by atoms with Crippen molar-refractivity contribution in [3.63, 3.8) is 0 Å². The maximum absolute atomic E-state index is 12.2. The van der Waals surface area contributed by atoms with Crippen LogP contribution < -0.4 is 5.48 Å². The van der Waals surface area contributed by atoms with E-state index in [1.54, 1.807) is 20.8 Å². The van der Waals surface area contributed by atoms with Crippen LogP contribution in [0, 0.1) is 5.92 Å². The zero-order valence-electron chi connectivity index (χ0n) is 14.4. The van der Waals surface area contributed by atoms with E-state index in [0.29, 0.717) is 12.3 Å². The molecule has 0 heterocycles. The van der Waals surface area contributed by atoms with Crippen LogP contribution in [0.4, 0.5) is 4.79 Å². The largest absolute Gasteiger partial charge is 0.458 e. The summed E-state index contributed by atoms with van der Waals surface area (Å²) < 4.78 is 10.4. The molecule has 1 aromatic rings. The van der Waals surface area contributed by atoms with Gasteiger partial charge in [-0.25, -0.2) is 9.59 Å². The van der Waals surface area contributed by atoms with Crippen LogP contribution in [0.3, 0.4) is 0 Å². The zero-order chi connectivity index (χ0) is 17.6. The third-order valence-electron chi connectivity index (χ3n) is 3.41. The van der Waals surface area contributed by atoms with Crippen molar-refractivity contribution >= 4 is 12.1 Å². The molecule has 24 heavy (non-hydrogen) atoms. The highest BCUT2D eigenvalue weighted by Crippen LogP contribution is 2.34. The lowest BCUT2D eigenvalue weighted by atomic mass is 10.1. The molecule has 0 aromatic heterocycles. The van der Waals surface area contributed by atoms with Crippen LogP contribution >= 0.6 is 0 Å². The van der Waals surface area contributed by atoms with E-state index in [9.17, 15) is 9.59 Å². The van der Waals surface area contributed by atoms with E-state index in [1.165, 1.54) is 0 Å². The van der Waals surface area contributed by atoms with Crippen LogP contribution in [0.15, 0.2) is 30.3 Å². The Balaban J connectivity index is 1.78. The van der Waals surface area contributed by atoms with Crippen molar-refractivity contribution in [3.05, 3.63) is 35.9 Å². The Kier molecular flexibility index (Phi) is 6.20. The van der Waals surface area contributed by atoms with Crippen LogP contribution in [0.2, 0.25) is 0 Å². The fraction of sp³-hybridized carbons (Fsp3) is 0.556. The van der Waals surface area contributed by atoms with Gasteiger partial charge >= 0.3 is 12.1 Å². The molecular formula is C18H25NO5. The average molecular weight is 335 g/mol. The predicted molar refractivity (Wildman–Crippen MR) is 87.8 cm³/mol. The Labute approximate surface area is 142 Å². The van der Waals surface area contributed by atoms with E-state index in [0.717, 1.165) is 18.4 Å². The molecule has 1 aliphatic rings. The van der Waals surface area contributed by atoms with Crippen molar-refractivity contribution in [1.29, 1.82) is 0 Å². The Hall–Kier alpha value is -2.08. The fourth-order valence-electron chi connectivity index (χ4n) is 2.09. The average Bonchev–Trinajstić information content (AvgIpc) is 3.32. The summed E-state index contributed by atoms with van der Waals surface area (Å²) in [7, 11) is 0. The molecule has 1 amide bonds. The molecule has 2 rings (SSSR count). The van der Waals surface area contributed by atoms with Gasteiger partial charge in [0.05, 0.1) is 0 Å². The maximum Gasteiger partial charge on any atom is 0.431 e. The molecule has 0 radical (unpaired) electrons. The predicted octanol–water partition coefficient (Wildman–Crippen LogP) is 3.35. The van der Waals surface area contributed by atoms with Crippen LogP contribution in [-0.2, 0) is 25.7 Å². The van der Waals surface area contributed by atoms with Crippen LogP contribution in [0.1, 0.15) is 45.6 Å². The first kappa shape index (κ1) is 18.3. The molecule has 0 aliphatic heterocycles. The third-order valence-corrected chi connectivity index (χ3v) is 3.41. The first-order chi connectivity index (χ1) is 11.3. The molecule has 1 atom stereocenters. The molecule has 0 spiro atoms. The summed E-state index contributed by atoms with van der Waals surface area (Å²) in [6.07, 6.45) is 1.13. The van der Waals surface area contributed by atoms with E-state index >= 15 is 0 Å². The van der Waals surface area contributed by atoms with E-state index in [4.69, 9.17) is 14.3 Å². The standard InChI is InChI=1S/C18H25NO5/c1-18(2,3)23-16(20)15(11-13-9-10-13)24-19-17(21)22-12-14-7-5-4-6-8-14/h4-8,13,15H,9-12H2,1-3H3,(H,19,21)/t15-/m1/s1. The minimum absolute atomic E-state index is 0.135. The minimum Gasteiger partial charge on any atom is -0.458 e. The number of amides is 1. The van der Waals surface area contributed by atoms with Crippen molar-refractivity contribution in [2.24, 2.45) is 5.92 Å². The first-order valence-electron chi connectivity index (χ1n) is 8.19. The monoisotopic (exact) mass is 335 g/mol. The lowest BCUT2D eigenvalue weighted by Crippen LogP contribution is -2.39. The molecule has 0 saturated heterocycles. The van der Waals surface area contributed by atoms with Gasteiger partial charge in [-0.1, -0.05) is 43.2 Å². The van der Waals surface area contributed by atoms with Gasteiger partial charge in [0.15, 0.2) is 6.10 Å². The van der Waals surface area contributed by atoms with Gasteiger partial charge in [-0.05, 0) is 38.7 Å². The van der Waals surface area contributed by atoms with Gasteiger partial charge in [-0.15, -0.1) is 0 Å². The van der Waals surface area contributed by atoms with Gasteiger partial charge in [0.2, 0.25) is 0 Å². The summed E-state index contributed by atoms with van der Waals surface area (Å²) in [6, 6.07) is 9.31. The molecule has 1 aliphatic carbocycles. The number of ether oxygens (including phenoxy) is 2. The Bertz CT molecular complexity index is 548. The molecule has 0 bridgehead atoms. The number of carbonyl (C=O) groups is 2. The van der Waals surface area contributed by atoms with Crippen LogP contribution in [0.25, 0.3) is 0 Å². The summed E-state index contributed by atoms with van der Waals surface area (Å²) in [5.74, 6) is -0.0255. The summed E-state index contributed by atoms with van der Waals surface area (Å²) >= 11 is 0. The molecular weight excluding hydrogens is 310 g/mol. The van der Waals surface area contributed by atoms with Crippen LogP contribution in [-0.4, -0.2) is 23.8 Å². The third kappa shape index (κ3) is 7.00. The second-order valence-electron chi connectivity index (χ2n) is 6.98. The number of hydroxylamine groups is 1. The second kappa shape index (κ2) is 8.15. The molecule has 1 fully saturated rings. The summed E-state index contributed by atoms with van der Waals surface area (Å²) in [4.78, 5) is 29.1. The molecule has 1 N–H and O–H groups in total. The highest BCUT2D eigenvalue weighted by atomic mass is 16.7. The van der Waals surface area contributed by atoms with Gasteiger partial charge in [-0.2, -0.15) is 5.48 Å². The molecule has 6 heteroatoms. The molecule has 132 valence electrons. The topological polar surface area (TPSA) is 73.9 Å². The zero-order valence-corrected chi connectivity index (χ0v) is 14.4. The van der Waals surface area contributed by atoms with Gasteiger partial charge in [0.1, 0.15) is 12.2 Å². The number of rotatable bonds is 7. The number of hydrogen-bond acceptors (Lipinski definition) is 5. The second-order valence-corrected chi connectivity index (χ2v) is 6.98. The fourth-order valence-corrected chi connectivity index (χ4v) is 2.09. The van der Waals surface area contributed by atoms with E-state index < -0.39 is 23.8 Å². The Morgan fingerprint density at radius 2 is 1.88 bits per heavy atom. The SMILES string of the molecule is CC(C)(C)OC(=O)[C@@H](CC1CC1)ONC(=O)OCc1ccccc1. The van der Waals surface area contributed by atoms with Crippen molar-refractivity contribution in [2.45, 2.75) is 58.3 Å². The summed E-state index contributed by atoms with van der Waals surface area (Å²) in [6.45, 7) is 5.51. The van der Waals surface area contributed by atoms with Gasteiger partial charge < -0.3 is 9.47 Å². The number of nitrogens with one attached hydrogen (secondary N) is 1. The first-order valence-corrected chi connectivity index (χ1v) is 8.19. The smallest absolute Gasteiger partial charge is 0.431 e. The highest BCUT2D eigenvalue weighted by molar-refractivity contribution is 5.75. The quantitative estimate of drug-likeness (QED) is 0.611. The Morgan fingerprint density at radius 3 is 2.46 bits per heavy atom. The van der Waals surface area contributed by atoms with Gasteiger partial charge in [0, 0.05) is 0 Å². The number of carbonyl (C=O) groups excluding carboxylic acids is 2. The maximum atomic E-state index is 12.2. The Morgan fingerprint density at radius 1 is 1.21 bits per heavy atom. The van der Waals surface area contributed by atoms with Gasteiger partial charge in [0.25, 0.3) is 0 Å². The van der Waals surface area contributed by atoms with E-state index in [1.807, 2.05) is 30.3 Å². The summed E-state index contributed by atoms with van der Waals surface area (Å²) in [5, 5.41) is 0. The van der Waals surface area contributed by atoms with Crippen LogP contribution in [0.5, 0.6) is 0 Å².